The fourth-order valence-electron chi connectivity index (χ4n) is 1.50. The van der Waals surface area contributed by atoms with Crippen LogP contribution in [0.4, 0.5) is 4.79 Å². The van der Waals surface area contributed by atoms with E-state index in [-0.39, 0.29) is 15.6 Å². The van der Waals surface area contributed by atoms with E-state index in [1.54, 1.807) is 24.3 Å². The summed E-state index contributed by atoms with van der Waals surface area (Å²) >= 11 is 4.91. The number of urea groups is 1. The Morgan fingerprint density at radius 2 is 1.86 bits per heavy atom. The fraction of sp³-hybridized carbons (Fsp3) is 0.0769. The topological polar surface area (TPSA) is 88.4 Å². The second kappa shape index (κ2) is 6.06. The number of rotatable bonds is 3. The third-order valence-corrected chi connectivity index (χ3v) is 4.18. The van der Waals surface area contributed by atoms with Gasteiger partial charge in [-0.3, -0.25) is 5.32 Å². The molecule has 8 heteroatoms. The van der Waals surface area contributed by atoms with E-state index in [0.717, 1.165) is 5.56 Å². The van der Waals surface area contributed by atoms with Gasteiger partial charge in [-0.1, -0.05) is 29.9 Å². The first-order valence-corrected chi connectivity index (χ1v) is 7.76. The summed E-state index contributed by atoms with van der Waals surface area (Å²) in [6.45, 7) is 1.83. The van der Waals surface area contributed by atoms with Gasteiger partial charge in [0.05, 0.1) is 11.2 Å². The average Bonchev–Trinajstić information content (AvgIpc) is 2.92. The number of hydrogen-bond acceptors (Lipinski definition) is 5. The maximum Gasteiger partial charge on any atom is 0.333 e. The van der Waals surface area contributed by atoms with Gasteiger partial charge in [-0.2, -0.15) is 0 Å². The summed E-state index contributed by atoms with van der Waals surface area (Å²) in [7, 11) is -3.94. The summed E-state index contributed by atoms with van der Waals surface area (Å²) in [5.41, 5.74) is 0.914. The molecule has 110 valence electrons. The minimum atomic E-state index is -3.94. The smallest absolute Gasteiger partial charge is 0.333 e. The van der Waals surface area contributed by atoms with Crippen LogP contribution >= 0.6 is 12.2 Å². The molecule has 0 radical (unpaired) electrons. The molecule has 21 heavy (non-hydrogen) atoms. The summed E-state index contributed by atoms with van der Waals surface area (Å²) in [5, 5.41) is 2.23. The minimum Gasteiger partial charge on any atom is -0.462 e. The average molecular weight is 324 g/mol. The van der Waals surface area contributed by atoms with Crippen molar-refractivity contribution in [1.82, 2.24) is 10.0 Å². The Labute approximate surface area is 127 Å². The van der Waals surface area contributed by atoms with Crippen LogP contribution in [-0.4, -0.2) is 19.4 Å². The van der Waals surface area contributed by atoms with Gasteiger partial charge in [-0.25, -0.2) is 17.9 Å². The SMILES string of the molecule is Cc1ccc(S(=O)(=O)NC(=O)NC(=S)c2ccco2)cc1. The van der Waals surface area contributed by atoms with Crippen molar-refractivity contribution in [2.75, 3.05) is 0 Å². The highest BCUT2D eigenvalue weighted by Gasteiger charge is 2.18. The molecule has 0 saturated heterocycles. The zero-order chi connectivity index (χ0) is 15.5. The summed E-state index contributed by atoms with van der Waals surface area (Å²) in [6.07, 6.45) is 1.39. The predicted octanol–water partition coefficient (Wildman–Crippen LogP) is 1.95. The molecule has 2 N–H and O–H groups in total. The molecule has 0 unspecified atom stereocenters. The van der Waals surface area contributed by atoms with Gasteiger partial charge < -0.3 is 4.42 Å². The molecule has 1 aromatic carbocycles. The lowest BCUT2D eigenvalue weighted by Crippen LogP contribution is -2.41. The molecule has 0 bridgehead atoms. The largest absolute Gasteiger partial charge is 0.462 e. The van der Waals surface area contributed by atoms with Crippen LogP contribution in [0.25, 0.3) is 0 Å². The van der Waals surface area contributed by atoms with Gasteiger partial charge in [0, 0.05) is 0 Å². The molecular formula is C13H12N2O4S2. The highest BCUT2D eigenvalue weighted by atomic mass is 32.2. The molecule has 0 spiro atoms. The van der Waals surface area contributed by atoms with Gasteiger partial charge in [-0.05, 0) is 31.2 Å². The van der Waals surface area contributed by atoms with Crippen molar-refractivity contribution in [3.8, 4) is 0 Å². The van der Waals surface area contributed by atoms with E-state index in [1.807, 2.05) is 11.6 Å². The third kappa shape index (κ3) is 3.89. The Bertz CT molecular complexity index is 750. The van der Waals surface area contributed by atoms with Crippen molar-refractivity contribution in [3.05, 3.63) is 54.0 Å². The number of nitrogens with one attached hydrogen (secondary N) is 2. The van der Waals surface area contributed by atoms with Gasteiger partial charge in [-0.15, -0.1) is 0 Å². The maximum atomic E-state index is 12.0. The standard InChI is InChI=1S/C13H12N2O4S2/c1-9-4-6-10(7-5-9)21(17,18)15-13(16)14-12(20)11-3-2-8-19-11/h2-8H,1H3,(H2,14,15,16,20). The van der Waals surface area contributed by atoms with Gasteiger partial charge in [0.25, 0.3) is 10.0 Å². The quantitative estimate of drug-likeness (QED) is 0.843. The molecular weight excluding hydrogens is 312 g/mol. The molecule has 2 amide bonds. The molecule has 1 heterocycles. The fourth-order valence-corrected chi connectivity index (χ4v) is 2.61. The van der Waals surface area contributed by atoms with Crippen LogP contribution in [0, 0.1) is 6.92 Å². The van der Waals surface area contributed by atoms with Gasteiger partial charge in [0.15, 0.2) is 10.7 Å². The molecule has 0 aliphatic rings. The molecule has 0 saturated carbocycles. The molecule has 0 aliphatic heterocycles. The van der Waals surface area contributed by atoms with Gasteiger partial charge in [0.2, 0.25) is 0 Å². The first-order valence-electron chi connectivity index (χ1n) is 5.87. The third-order valence-electron chi connectivity index (χ3n) is 2.53. The highest BCUT2D eigenvalue weighted by Crippen LogP contribution is 2.09. The van der Waals surface area contributed by atoms with E-state index in [4.69, 9.17) is 16.6 Å². The van der Waals surface area contributed by atoms with E-state index < -0.39 is 16.1 Å². The number of carbonyl (C=O) groups excluding carboxylic acids is 1. The number of sulfonamides is 1. The van der Waals surface area contributed by atoms with Crippen LogP contribution in [0.5, 0.6) is 0 Å². The van der Waals surface area contributed by atoms with Crippen molar-refractivity contribution < 1.29 is 17.6 Å². The van der Waals surface area contributed by atoms with Crippen LogP contribution < -0.4 is 10.0 Å². The van der Waals surface area contributed by atoms with E-state index in [1.165, 1.54) is 18.4 Å². The Morgan fingerprint density at radius 1 is 1.19 bits per heavy atom. The molecule has 1 aromatic heterocycles. The van der Waals surface area contributed by atoms with E-state index in [0.29, 0.717) is 0 Å². The minimum absolute atomic E-state index is 0.00314. The zero-order valence-electron chi connectivity index (χ0n) is 11.0. The first kappa shape index (κ1) is 15.2. The van der Waals surface area contributed by atoms with Gasteiger partial charge in [0.1, 0.15) is 0 Å². The number of hydrogen-bond donors (Lipinski definition) is 2. The van der Waals surface area contributed by atoms with Crippen LogP contribution in [0.15, 0.2) is 52.0 Å². The van der Waals surface area contributed by atoms with Crippen molar-refractivity contribution in [1.29, 1.82) is 0 Å². The molecule has 6 nitrogen and oxygen atoms in total. The van der Waals surface area contributed by atoms with Crippen molar-refractivity contribution in [2.45, 2.75) is 11.8 Å². The number of amides is 2. The van der Waals surface area contributed by atoms with Crippen LogP contribution in [0.3, 0.4) is 0 Å². The van der Waals surface area contributed by atoms with Crippen LogP contribution in [-0.2, 0) is 10.0 Å². The first-order chi connectivity index (χ1) is 9.88. The number of benzene rings is 1. The van der Waals surface area contributed by atoms with Crippen LogP contribution in [0.2, 0.25) is 0 Å². The van der Waals surface area contributed by atoms with Gasteiger partial charge >= 0.3 is 6.03 Å². The number of carbonyl (C=O) groups is 1. The molecule has 0 aliphatic carbocycles. The van der Waals surface area contributed by atoms with Crippen molar-refractivity contribution >= 4 is 33.3 Å². The molecule has 2 rings (SSSR count). The number of thiocarbonyl (C=S) groups is 1. The second-order valence-electron chi connectivity index (χ2n) is 4.18. The highest BCUT2D eigenvalue weighted by molar-refractivity contribution is 7.90. The summed E-state index contributed by atoms with van der Waals surface area (Å²) < 4.78 is 30.8. The lowest BCUT2D eigenvalue weighted by atomic mass is 10.2. The summed E-state index contributed by atoms with van der Waals surface area (Å²) in [6, 6.07) is 8.31. The van der Waals surface area contributed by atoms with Crippen molar-refractivity contribution in [2.24, 2.45) is 0 Å². The van der Waals surface area contributed by atoms with Crippen LogP contribution in [0.1, 0.15) is 11.3 Å². The van der Waals surface area contributed by atoms with Crippen molar-refractivity contribution in [3.63, 3.8) is 0 Å². The molecule has 0 fully saturated rings. The zero-order valence-corrected chi connectivity index (χ0v) is 12.6. The Kier molecular flexibility index (Phi) is 4.39. The maximum absolute atomic E-state index is 12.0. The normalized spacial score (nSPS) is 10.9. The Hall–Kier alpha value is -2.19. The lowest BCUT2D eigenvalue weighted by molar-refractivity contribution is 0.250. The van der Waals surface area contributed by atoms with E-state index in [2.05, 4.69) is 5.32 Å². The lowest BCUT2D eigenvalue weighted by Gasteiger charge is -2.08. The monoisotopic (exact) mass is 324 g/mol. The Morgan fingerprint density at radius 3 is 2.43 bits per heavy atom. The number of aryl methyl sites for hydroxylation is 1. The molecule has 2 aromatic rings. The summed E-state index contributed by atoms with van der Waals surface area (Å²) in [5.74, 6) is 0.271. The Balaban J connectivity index is 2.05. The summed E-state index contributed by atoms with van der Waals surface area (Å²) in [4.78, 5) is 11.7. The predicted molar refractivity (Wildman–Crippen MR) is 80.4 cm³/mol. The number of furan rings is 1. The molecule has 0 atom stereocenters. The second-order valence-corrected chi connectivity index (χ2v) is 6.27. The van der Waals surface area contributed by atoms with E-state index >= 15 is 0 Å². The van der Waals surface area contributed by atoms with E-state index in [9.17, 15) is 13.2 Å².